The van der Waals surface area contributed by atoms with Gasteiger partial charge in [0.05, 0.1) is 12.5 Å². The van der Waals surface area contributed by atoms with Crippen LogP contribution in [0.1, 0.15) is 40.5 Å². The summed E-state index contributed by atoms with van der Waals surface area (Å²) in [5.74, 6) is 0.686. The van der Waals surface area contributed by atoms with Crippen LogP contribution in [0.4, 0.5) is 0 Å². The molecule has 0 aromatic heterocycles. The molecule has 0 aromatic carbocycles. The Labute approximate surface area is 76.0 Å². The van der Waals surface area contributed by atoms with E-state index >= 15 is 0 Å². The zero-order chi connectivity index (χ0) is 9.56. The first-order chi connectivity index (χ1) is 5.61. The molecular weight excluding hydrogens is 148 g/mol. The number of hydrogen-bond acceptors (Lipinski definition) is 2. The maximum Gasteiger partial charge on any atom is 0.0638 e. The Morgan fingerprint density at radius 1 is 1.33 bits per heavy atom. The fourth-order valence-electron chi connectivity index (χ4n) is 1.16. The van der Waals surface area contributed by atoms with Gasteiger partial charge in [-0.1, -0.05) is 20.3 Å². The average Bonchev–Trinajstić information content (AvgIpc) is 2.03. The number of nitrogens with zero attached hydrogens (tertiary/aromatic N) is 1. The minimum Gasteiger partial charge on any atom is -0.310 e. The first-order valence-electron chi connectivity index (χ1n) is 4.74. The number of hydrogen-bond donors (Lipinski definition) is 1. The van der Waals surface area contributed by atoms with Crippen LogP contribution in [-0.4, -0.2) is 12.1 Å². The van der Waals surface area contributed by atoms with Crippen LogP contribution in [0.25, 0.3) is 0 Å². The van der Waals surface area contributed by atoms with Gasteiger partial charge in [-0.15, -0.1) is 0 Å². The molecule has 0 aliphatic heterocycles. The lowest BCUT2D eigenvalue weighted by molar-refractivity contribution is 0.358. The Hall–Kier alpha value is -0.550. The highest BCUT2D eigenvalue weighted by atomic mass is 14.9. The van der Waals surface area contributed by atoms with Crippen molar-refractivity contribution < 1.29 is 0 Å². The van der Waals surface area contributed by atoms with E-state index in [0.29, 0.717) is 24.4 Å². The zero-order valence-corrected chi connectivity index (χ0v) is 8.59. The maximum atomic E-state index is 8.46. The van der Waals surface area contributed by atoms with E-state index in [1.807, 2.05) is 0 Å². The highest BCUT2D eigenvalue weighted by Gasteiger charge is 2.11. The third-order valence-electron chi connectivity index (χ3n) is 2.44. The van der Waals surface area contributed by atoms with Crippen molar-refractivity contribution in [3.8, 4) is 6.07 Å². The van der Waals surface area contributed by atoms with E-state index in [1.165, 1.54) is 6.42 Å². The molecule has 0 fully saturated rings. The molecule has 0 aliphatic rings. The van der Waals surface area contributed by atoms with Gasteiger partial charge in [-0.25, -0.2) is 0 Å². The first kappa shape index (κ1) is 11.4. The molecular formula is C10H20N2. The van der Waals surface area contributed by atoms with Crippen LogP contribution in [0.3, 0.4) is 0 Å². The molecule has 0 spiro atoms. The Morgan fingerprint density at radius 2 is 1.92 bits per heavy atom. The van der Waals surface area contributed by atoms with Crippen LogP contribution in [0, 0.1) is 17.2 Å². The van der Waals surface area contributed by atoms with Crippen molar-refractivity contribution in [1.29, 1.82) is 5.26 Å². The topological polar surface area (TPSA) is 35.8 Å². The molecule has 0 radical (unpaired) electrons. The standard InChI is InChI=1S/C10H20N2/c1-5-8(2)10(4)12-9(3)6-7-11/h8-10,12H,5-6H2,1-4H3. The molecule has 1 N–H and O–H groups in total. The number of nitrogens with one attached hydrogen (secondary N) is 1. The van der Waals surface area contributed by atoms with Crippen LogP contribution in [-0.2, 0) is 0 Å². The van der Waals surface area contributed by atoms with Gasteiger partial charge in [0.2, 0.25) is 0 Å². The largest absolute Gasteiger partial charge is 0.310 e. The van der Waals surface area contributed by atoms with Crippen LogP contribution in [0.5, 0.6) is 0 Å². The quantitative estimate of drug-likeness (QED) is 0.683. The molecule has 0 aromatic rings. The van der Waals surface area contributed by atoms with Gasteiger partial charge in [-0.05, 0) is 19.8 Å². The van der Waals surface area contributed by atoms with Gasteiger partial charge in [0.25, 0.3) is 0 Å². The third kappa shape index (κ3) is 4.35. The van der Waals surface area contributed by atoms with E-state index in [-0.39, 0.29) is 0 Å². The van der Waals surface area contributed by atoms with Crippen molar-refractivity contribution >= 4 is 0 Å². The van der Waals surface area contributed by atoms with E-state index in [4.69, 9.17) is 5.26 Å². The molecule has 2 heteroatoms. The Morgan fingerprint density at radius 3 is 2.33 bits per heavy atom. The highest BCUT2D eigenvalue weighted by Crippen LogP contribution is 2.07. The maximum absolute atomic E-state index is 8.46. The second-order valence-electron chi connectivity index (χ2n) is 3.60. The third-order valence-corrected chi connectivity index (χ3v) is 2.44. The molecule has 0 bridgehead atoms. The first-order valence-corrected chi connectivity index (χ1v) is 4.74. The van der Waals surface area contributed by atoms with Gasteiger partial charge < -0.3 is 5.32 Å². The number of rotatable bonds is 5. The predicted octanol–water partition coefficient (Wildman–Crippen LogP) is 2.31. The van der Waals surface area contributed by atoms with Gasteiger partial charge in [-0.2, -0.15) is 5.26 Å². The lowest BCUT2D eigenvalue weighted by Gasteiger charge is -2.23. The predicted molar refractivity (Wildman–Crippen MR) is 51.7 cm³/mol. The fraction of sp³-hybridized carbons (Fsp3) is 0.900. The SMILES string of the molecule is CCC(C)C(C)NC(C)CC#N. The van der Waals surface area contributed by atoms with Crippen LogP contribution in [0.15, 0.2) is 0 Å². The van der Waals surface area contributed by atoms with Crippen molar-refractivity contribution in [1.82, 2.24) is 5.32 Å². The van der Waals surface area contributed by atoms with Gasteiger partial charge in [0, 0.05) is 12.1 Å². The van der Waals surface area contributed by atoms with Crippen LogP contribution in [0.2, 0.25) is 0 Å². The van der Waals surface area contributed by atoms with E-state index in [1.54, 1.807) is 0 Å². The van der Waals surface area contributed by atoms with Crippen molar-refractivity contribution in [3.63, 3.8) is 0 Å². The average molecular weight is 168 g/mol. The molecule has 12 heavy (non-hydrogen) atoms. The van der Waals surface area contributed by atoms with E-state index in [9.17, 15) is 0 Å². The minimum absolute atomic E-state index is 0.319. The smallest absolute Gasteiger partial charge is 0.0638 e. The lowest BCUT2D eigenvalue weighted by Crippen LogP contribution is -2.38. The molecule has 3 atom stereocenters. The molecule has 0 saturated heterocycles. The Bertz CT molecular complexity index is 148. The molecule has 0 rings (SSSR count). The lowest BCUT2D eigenvalue weighted by atomic mass is 10.00. The fourth-order valence-corrected chi connectivity index (χ4v) is 1.16. The number of nitriles is 1. The van der Waals surface area contributed by atoms with Crippen molar-refractivity contribution in [2.24, 2.45) is 5.92 Å². The summed E-state index contributed by atoms with van der Waals surface area (Å²) in [4.78, 5) is 0. The summed E-state index contributed by atoms with van der Waals surface area (Å²) >= 11 is 0. The van der Waals surface area contributed by atoms with E-state index in [2.05, 4.69) is 39.1 Å². The van der Waals surface area contributed by atoms with Gasteiger partial charge in [0.1, 0.15) is 0 Å². The molecule has 0 amide bonds. The summed E-state index contributed by atoms with van der Waals surface area (Å²) < 4.78 is 0. The summed E-state index contributed by atoms with van der Waals surface area (Å²) in [6, 6.07) is 3.00. The zero-order valence-electron chi connectivity index (χ0n) is 8.59. The van der Waals surface area contributed by atoms with Crippen molar-refractivity contribution in [2.75, 3.05) is 0 Å². The second-order valence-corrected chi connectivity index (χ2v) is 3.60. The summed E-state index contributed by atoms with van der Waals surface area (Å²) in [6.45, 7) is 8.67. The van der Waals surface area contributed by atoms with Crippen molar-refractivity contribution in [3.05, 3.63) is 0 Å². The van der Waals surface area contributed by atoms with Gasteiger partial charge in [0.15, 0.2) is 0 Å². The summed E-state index contributed by atoms with van der Waals surface area (Å²) in [5, 5.41) is 11.9. The van der Waals surface area contributed by atoms with Gasteiger partial charge >= 0.3 is 0 Å². The van der Waals surface area contributed by atoms with E-state index < -0.39 is 0 Å². The summed E-state index contributed by atoms with van der Waals surface area (Å²) in [6.07, 6.45) is 1.79. The van der Waals surface area contributed by atoms with Crippen molar-refractivity contribution in [2.45, 2.75) is 52.6 Å². The summed E-state index contributed by atoms with van der Waals surface area (Å²) in [7, 11) is 0. The molecule has 3 unspecified atom stereocenters. The van der Waals surface area contributed by atoms with Crippen LogP contribution < -0.4 is 5.32 Å². The van der Waals surface area contributed by atoms with E-state index in [0.717, 1.165) is 0 Å². The molecule has 0 heterocycles. The monoisotopic (exact) mass is 168 g/mol. The van der Waals surface area contributed by atoms with Crippen LogP contribution >= 0.6 is 0 Å². The molecule has 70 valence electrons. The normalized spacial score (nSPS) is 17.9. The molecule has 2 nitrogen and oxygen atoms in total. The molecule has 0 saturated carbocycles. The summed E-state index contributed by atoms with van der Waals surface area (Å²) in [5.41, 5.74) is 0. The minimum atomic E-state index is 0.319. The van der Waals surface area contributed by atoms with Gasteiger partial charge in [-0.3, -0.25) is 0 Å². The second kappa shape index (κ2) is 6.02. The highest BCUT2D eigenvalue weighted by molar-refractivity contribution is 4.80. The Kier molecular flexibility index (Phi) is 5.74. The molecule has 0 aliphatic carbocycles. The Balaban J connectivity index is 3.68.